The number of fused-ring (bicyclic) bond motifs is 1. The maximum Gasteiger partial charge on any atom is 0.419 e. The molecule has 0 N–H and O–H groups in total. The highest BCUT2D eigenvalue weighted by Gasteiger charge is 2.34. The fourth-order valence-corrected chi connectivity index (χ4v) is 2.45. The molecule has 24 heavy (non-hydrogen) atoms. The van der Waals surface area contributed by atoms with Crippen LogP contribution in [0.15, 0.2) is 36.4 Å². The molecule has 2 aromatic rings. The molecule has 0 fully saturated rings. The van der Waals surface area contributed by atoms with E-state index >= 15 is 0 Å². The van der Waals surface area contributed by atoms with Crippen LogP contribution in [0.5, 0.6) is 11.5 Å². The fourth-order valence-electron chi connectivity index (χ4n) is 2.45. The highest BCUT2D eigenvalue weighted by atomic mass is 19.4. The number of Topliss-reactive ketones (excluding diaryl/α,β-unsaturated/α-hetero) is 1. The third-order valence-corrected chi connectivity index (χ3v) is 3.70. The van der Waals surface area contributed by atoms with E-state index in [-0.39, 0.29) is 31.0 Å². The van der Waals surface area contributed by atoms with Crippen LogP contribution < -0.4 is 9.47 Å². The predicted molar refractivity (Wildman–Crippen MR) is 76.6 cm³/mol. The van der Waals surface area contributed by atoms with Crippen LogP contribution in [0.2, 0.25) is 0 Å². The van der Waals surface area contributed by atoms with Crippen molar-refractivity contribution in [2.45, 2.75) is 19.0 Å². The zero-order valence-electron chi connectivity index (χ0n) is 12.3. The molecule has 0 saturated carbocycles. The van der Waals surface area contributed by atoms with E-state index in [1.807, 2.05) is 0 Å². The summed E-state index contributed by atoms with van der Waals surface area (Å²) in [5.41, 5.74) is -1.12. The number of alkyl halides is 3. The Balaban J connectivity index is 1.73. The lowest BCUT2D eigenvalue weighted by Crippen LogP contribution is -2.10. The van der Waals surface area contributed by atoms with E-state index in [0.29, 0.717) is 23.1 Å². The summed E-state index contributed by atoms with van der Waals surface area (Å²) >= 11 is 0. The van der Waals surface area contributed by atoms with Gasteiger partial charge in [0.15, 0.2) is 17.3 Å². The molecule has 0 bridgehead atoms. The SMILES string of the molecule is O=C(CCc1cccc(C(F)(F)F)c1F)c1ccc2c(c1)OCO2. The van der Waals surface area contributed by atoms with Gasteiger partial charge in [0.25, 0.3) is 0 Å². The second-order valence-electron chi connectivity index (χ2n) is 5.27. The number of carbonyl (C=O) groups excluding carboxylic acids is 1. The zero-order valence-corrected chi connectivity index (χ0v) is 12.3. The van der Waals surface area contributed by atoms with Gasteiger partial charge in [-0.2, -0.15) is 13.2 Å². The average Bonchev–Trinajstić information content (AvgIpc) is 3.00. The summed E-state index contributed by atoms with van der Waals surface area (Å²) in [6, 6.07) is 7.69. The molecule has 0 unspecified atom stereocenters. The van der Waals surface area contributed by atoms with E-state index in [0.717, 1.165) is 6.07 Å². The first-order valence-electron chi connectivity index (χ1n) is 7.13. The van der Waals surface area contributed by atoms with Gasteiger partial charge in [-0.25, -0.2) is 4.39 Å². The summed E-state index contributed by atoms with van der Waals surface area (Å²) in [5, 5.41) is 0. The van der Waals surface area contributed by atoms with Crippen molar-refractivity contribution in [3.8, 4) is 11.5 Å². The van der Waals surface area contributed by atoms with Gasteiger partial charge in [0.1, 0.15) is 5.82 Å². The lowest BCUT2D eigenvalue weighted by Gasteiger charge is -2.11. The first-order chi connectivity index (χ1) is 11.4. The van der Waals surface area contributed by atoms with Gasteiger partial charge in [0.05, 0.1) is 5.56 Å². The number of hydrogen-bond donors (Lipinski definition) is 0. The summed E-state index contributed by atoms with van der Waals surface area (Å²) in [5.74, 6) is -0.685. The van der Waals surface area contributed by atoms with E-state index in [1.165, 1.54) is 12.1 Å². The number of aryl methyl sites for hydroxylation is 1. The van der Waals surface area contributed by atoms with E-state index in [1.54, 1.807) is 12.1 Å². The molecule has 1 aliphatic heterocycles. The van der Waals surface area contributed by atoms with Gasteiger partial charge in [-0.15, -0.1) is 0 Å². The van der Waals surface area contributed by atoms with Crippen LogP contribution in [-0.2, 0) is 12.6 Å². The van der Waals surface area contributed by atoms with Crippen molar-refractivity contribution >= 4 is 5.78 Å². The maximum absolute atomic E-state index is 13.9. The Labute approximate surface area is 134 Å². The number of hydrogen-bond acceptors (Lipinski definition) is 3. The van der Waals surface area contributed by atoms with Gasteiger partial charge < -0.3 is 9.47 Å². The number of ether oxygens (including phenoxy) is 2. The van der Waals surface area contributed by atoms with Crippen LogP contribution in [0.4, 0.5) is 17.6 Å². The minimum absolute atomic E-state index is 0.0718. The number of carbonyl (C=O) groups is 1. The van der Waals surface area contributed by atoms with E-state index in [2.05, 4.69) is 0 Å². The first-order valence-corrected chi connectivity index (χ1v) is 7.13. The monoisotopic (exact) mass is 340 g/mol. The topological polar surface area (TPSA) is 35.5 Å². The highest BCUT2D eigenvalue weighted by molar-refractivity contribution is 5.96. The van der Waals surface area contributed by atoms with Crippen molar-refractivity contribution in [1.82, 2.24) is 0 Å². The van der Waals surface area contributed by atoms with Gasteiger partial charge in [-0.05, 0) is 36.2 Å². The number of rotatable bonds is 4. The molecule has 126 valence electrons. The molecule has 7 heteroatoms. The summed E-state index contributed by atoms with van der Waals surface area (Å²) in [6.45, 7) is 0.0718. The standard InChI is InChI=1S/C17H12F4O3/c18-16-10(2-1-3-12(16)17(19,20)21)4-6-13(22)11-5-7-14-15(8-11)24-9-23-14/h1-3,5,7-8H,4,6,9H2. The van der Waals surface area contributed by atoms with Crippen molar-refractivity contribution in [1.29, 1.82) is 0 Å². The van der Waals surface area contributed by atoms with Crippen LogP contribution in [0.1, 0.15) is 27.9 Å². The van der Waals surface area contributed by atoms with Crippen molar-refractivity contribution < 1.29 is 31.8 Å². The van der Waals surface area contributed by atoms with Gasteiger partial charge in [0, 0.05) is 12.0 Å². The third kappa shape index (κ3) is 3.20. The summed E-state index contributed by atoms with van der Waals surface area (Å²) in [6.07, 6.45) is -5.00. The predicted octanol–water partition coefficient (Wildman–Crippen LogP) is 4.39. The lowest BCUT2D eigenvalue weighted by molar-refractivity contribution is -0.140. The Hall–Kier alpha value is -2.57. The normalized spacial score (nSPS) is 13.2. The molecular weight excluding hydrogens is 328 g/mol. The summed E-state index contributed by atoms with van der Waals surface area (Å²) < 4.78 is 62.3. The molecule has 1 heterocycles. The van der Waals surface area contributed by atoms with Gasteiger partial charge in [-0.3, -0.25) is 4.79 Å². The number of ketones is 1. The Morgan fingerprint density at radius 2 is 1.83 bits per heavy atom. The molecule has 0 aromatic heterocycles. The average molecular weight is 340 g/mol. The first kappa shape index (κ1) is 16.3. The molecule has 1 aliphatic rings. The second-order valence-corrected chi connectivity index (χ2v) is 5.27. The van der Waals surface area contributed by atoms with E-state index in [4.69, 9.17) is 9.47 Å². The molecular formula is C17H12F4O3. The fraction of sp³-hybridized carbons (Fsp3) is 0.235. The lowest BCUT2D eigenvalue weighted by atomic mass is 10.0. The Kier molecular flexibility index (Phi) is 4.17. The molecule has 0 spiro atoms. The zero-order chi connectivity index (χ0) is 17.3. The van der Waals surface area contributed by atoms with E-state index < -0.39 is 17.6 Å². The van der Waals surface area contributed by atoms with Crippen LogP contribution in [0.25, 0.3) is 0 Å². The molecule has 0 amide bonds. The smallest absolute Gasteiger partial charge is 0.419 e. The quantitative estimate of drug-likeness (QED) is 0.612. The third-order valence-electron chi connectivity index (χ3n) is 3.70. The van der Waals surface area contributed by atoms with Gasteiger partial charge >= 0.3 is 6.18 Å². The Bertz CT molecular complexity index is 784. The van der Waals surface area contributed by atoms with Crippen molar-refractivity contribution in [3.05, 3.63) is 58.9 Å². The minimum atomic E-state index is -4.76. The van der Waals surface area contributed by atoms with Crippen LogP contribution in [0, 0.1) is 5.82 Å². The second kappa shape index (κ2) is 6.14. The maximum atomic E-state index is 13.9. The van der Waals surface area contributed by atoms with Crippen LogP contribution >= 0.6 is 0 Å². The largest absolute Gasteiger partial charge is 0.454 e. The molecule has 0 saturated heterocycles. The number of halogens is 4. The summed E-state index contributed by atoms with van der Waals surface area (Å²) in [4.78, 5) is 12.2. The van der Waals surface area contributed by atoms with Crippen LogP contribution in [-0.4, -0.2) is 12.6 Å². The van der Waals surface area contributed by atoms with E-state index in [9.17, 15) is 22.4 Å². The molecule has 3 rings (SSSR count). The molecule has 0 aliphatic carbocycles. The number of benzene rings is 2. The van der Waals surface area contributed by atoms with Crippen molar-refractivity contribution in [3.63, 3.8) is 0 Å². The molecule has 2 aromatic carbocycles. The minimum Gasteiger partial charge on any atom is -0.454 e. The summed E-state index contributed by atoms with van der Waals surface area (Å²) in [7, 11) is 0. The van der Waals surface area contributed by atoms with Crippen molar-refractivity contribution in [2.24, 2.45) is 0 Å². The molecule has 0 radical (unpaired) electrons. The Morgan fingerprint density at radius 3 is 2.58 bits per heavy atom. The molecule has 3 nitrogen and oxygen atoms in total. The highest BCUT2D eigenvalue weighted by Crippen LogP contribution is 2.34. The van der Waals surface area contributed by atoms with Crippen LogP contribution in [0.3, 0.4) is 0 Å². The van der Waals surface area contributed by atoms with Crippen molar-refractivity contribution in [2.75, 3.05) is 6.79 Å². The Morgan fingerprint density at radius 1 is 1.08 bits per heavy atom. The van der Waals surface area contributed by atoms with Gasteiger partial charge in [-0.1, -0.05) is 12.1 Å². The van der Waals surface area contributed by atoms with Gasteiger partial charge in [0.2, 0.25) is 6.79 Å². The molecule has 0 atom stereocenters.